The van der Waals surface area contributed by atoms with E-state index >= 15 is 0 Å². The van der Waals surface area contributed by atoms with Crippen LogP contribution in [0, 0.1) is 6.92 Å². The molecule has 4 nitrogen and oxygen atoms in total. The van der Waals surface area contributed by atoms with Gasteiger partial charge in [0.05, 0.1) is 16.9 Å². The van der Waals surface area contributed by atoms with Crippen LogP contribution >= 0.6 is 0 Å². The molecular weight excluding hydrogens is 379 g/mol. The van der Waals surface area contributed by atoms with Crippen LogP contribution in [-0.4, -0.2) is 27.8 Å². The SMILES string of the molecule is C=C(NCCCO)c1nccn1-c1ccc(-c2ccccc2C(F)(F)F)cc1C. The number of halogens is 3. The molecule has 0 amide bonds. The Bertz CT molecular complexity index is 1010. The number of hydrogen-bond donors (Lipinski definition) is 2. The first-order valence-corrected chi connectivity index (χ1v) is 9.18. The molecule has 1 aromatic heterocycles. The standard InChI is InChI=1S/C22H22F3N3O/c1-15-14-17(18-6-3-4-7-19(18)22(23,24)25)8-9-20(15)28-12-11-27-21(28)16(2)26-10-5-13-29/h3-4,6-9,11-12,14,26,29H,2,5,10,13H2,1H3. The largest absolute Gasteiger partial charge is 0.417 e. The molecule has 0 atom stereocenters. The van der Waals surface area contributed by atoms with Crippen molar-refractivity contribution in [3.8, 4) is 16.8 Å². The number of nitrogens with one attached hydrogen (secondary N) is 1. The van der Waals surface area contributed by atoms with Gasteiger partial charge in [-0.1, -0.05) is 30.8 Å². The lowest BCUT2D eigenvalue weighted by Gasteiger charge is -2.16. The third kappa shape index (κ3) is 4.51. The lowest BCUT2D eigenvalue weighted by Crippen LogP contribution is -2.17. The van der Waals surface area contributed by atoms with Gasteiger partial charge in [0.25, 0.3) is 0 Å². The van der Waals surface area contributed by atoms with E-state index in [0.717, 1.165) is 17.3 Å². The Morgan fingerprint density at radius 1 is 1.21 bits per heavy atom. The molecule has 0 spiro atoms. The first kappa shape index (κ1) is 20.7. The highest BCUT2D eigenvalue weighted by Crippen LogP contribution is 2.37. The summed E-state index contributed by atoms with van der Waals surface area (Å²) in [5.74, 6) is 0.606. The highest BCUT2D eigenvalue weighted by atomic mass is 19.4. The lowest BCUT2D eigenvalue weighted by atomic mass is 9.97. The molecule has 3 aromatic rings. The van der Waals surface area contributed by atoms with Gasteiger partial charge < -0.3 is 10.4 Å². The first-order valence-electron chi connectivity index (χ1n) is 9.18. The van der Waals surface area contributed by atoms with Crippen LogP contribution in [0.2, 0.25) is 0 Å². The van der Waals surface area contributed by atoms with Gasteiger partial charge in [0.15, 0.2) is 5.82 Å². The molecule has 0 bridgehead atoms. The molecule has 0 aliphatic heterocycles. The van der Waals surface area contributed by atoms with E-state index in [0.29, 0.717) is 30.1 Å². The maximum Gasteiger partial charge on any atom is 0.417 e. The average Bonchev–Trinajstić information content (AvgIpc) is 3.17. The van der Waals surface area contributed by atoms with Crippen LogP contribution < -0.4 is 5.32 Å². The molecule has 152 valence electrons. The minimum absolute atomic E-state index is 0.0781. The Kier molecular flexibility index (Phi) is 6.08. The fraction of sp³-hybridized carbons (Fsp3) is 0.227. The molecule has 29 heavy (non-hydrogen) atoms. The van der Waals surface area contributed by atoms with Crippen molar-refractivity contribution in [3.05, 3.63) is 78.4 Å². The van der Waals surface area contributed by atoms with Crippen LogP contribution in [0.4, 0.5) is 13.2 Å². The van der Waals surface area contributed by atoms with Crippen molar-refractivity contribution in [2.24, 2.45) is 0 Å². The monoisotopic (exact) mass is 401 g/mol. The van der Waals surface area contributed by atoms with E-state index in [-0.39, 0.29) is 12.2 Å². The highest BCUT2D eigenvalue weighted by Gasteiger charge is 2.33. The van der Waals surface area contributed by atoms with E-state index in [4.69, 9.17) is 5.11 Å². The number of nitrogens with zero attached hydrogens (tertiary/aromatic N) is 2. The number of imidazole rings is 1. The number of aromatic nitrogens is 2. The number of aliphatic hydroxyl groups excluding tert-OH is 1. The summed E-state index contributed by atoms with van der Waals surface area (Å²) in [7, 11) is 0. The maximum atomic E-state index is 13.4. The summed E-state index contributed by atoms with van der Waals surface area (Å²) in [6.45, 7) is 6.48. The van der Waals surface area contributed by atoms with Gasteiger partial charge >= 0.3 is 6.18 Å². The van der Waals surface area contributed by atoms with Gasteiger partial charge in [0.1, 0.15) is 0 Å². The molecule has 3 rings (SSSR count). The Balaban J connectivity index is 1.95. The van der Waals surface area contributed by atoms with Crippen molar-refractivity contribution in [3.63, 3.8) is 0 Å². The van der Waals surface area contributed by atoms with E-state index in [1.165, 1.54) is 12.1 Å². The molecule has 1 heterocycles. The van der Waals surface area contributed by atoms with E-state index in [1.807, 2.05) is 11.5 Å². The summed E-state index contributed by atoms with van der Waals surface area (Å²) in [6.07, 6.45) is -0.412. The summed E-state index contributed by atoms with van der Waals surface area (Å²) < 4.78 is 41.9. The van der Waals surface area contributed by atoms with Crippen LogP contribution in [-0.2, 0) is 6.18 Å². The van der Waals surface area contributed by atoms with Crippen molar-refractivity contribution < 1.29 is 18.3 Å². The zero-order chi connectivity index (χ0) is 21.0. The lowest BCUT2D eigenvalue weighted by molar-refractivity contribution is -0.137. The van der Waals surface area contributed by atoms with Gasteiger partial charge in [0, 0.05) is 25.5 Å². The normalized spacial score (nSPS) is 11.5. The van der Waals surface area contributed by atoms with Gasteiger partial charge in [-0.2, -0.15) is 13.2 Å². The minimum atomic E-state index is -4.42. The van der Waals surface area contributed by atoms with Gasteiger partial charge in [-0.3, -0.25) is 4.57 Å². The Hall–Kier alpha value is -3.06. The summed E-state index contributed by atoms with van der Waals surface area (Å²) in [6, 6.07) is 10.8. The summed E-state index contributed by atoms with van der Waals surface area (Å²) in [4.78, 5) is 4.33. The molecule has 0 saturated heterocycles. The van der Waals surface area contributed by atoms with Crippen molar-refractivity contribution in [1.29, 1.82) is 0 Å². The average molecular weight is 401 g/mol. The zero-order valence-corrected chi connectivity index (χ0v) is 16.0. The molecule has 2 N–H and O–H groups in total. The fourth-order valence-corrected chi connectivity index (χ4v) is 3.19. The number of benzene rings is 2. The summed E-state index contributed by atoms with van der Waals surface area (Å²) >= 11 is 0. The van der Waals surface area contributed by atoms with Crippen LogP contribution in [0.3, 0.4) is 0 Å². The molecule has 2 aromatic carbocycles. The smallest absolute Gasteiger partial charge is 0.396 e. The van der Waals surface area contributed by atoms with Crippen LogP contribution in [0.1, 0.15) is 23.4 Å². The van der Waals surface area contributed by atoms with E-state index in [1.54, 1.807) is 36.7 Å². The molecule has 0 aliphatic rings. The number of aliphatic hydroxyl groups is 1. The number of alkyl halides is 3. The highest BCUT2D eigenvalue weighted by molar-refractivity contribution is 5.71. The second kappa shape index (κ2) is 8.53. The van der Waals surface area contributed by atoms with E-state index < -0.39 is 11.7 Å². The van der Waals surface area contributed by atoms with Crippen LogP contribution in [0.5, 0.6) is 0 Å². The van der Waals surface area contributed by atoms with Crippen molar-refractivity contribution in [2.75, 3.05) is 13.2 Å². The Morgan fingerprint density at radius 3 is 2.66 bits per heavy atom. The second-order valence-electron chi connectivity index (χ2n) is 6.65. The molecule has 0 radical (unpaired) electrons. The minimum Gasteiger partial charge on any atom is -0.396 e. The van der Waals surface area contributed by atoms with Gasteiger partial charge in [-0.05, 0) is 48.2 Å². The van der Waals surface area contributed by atoms with E-state index in [9.17, 15) is 13.2 Å². The van der Waals surface area contributed by atoms with E-state index in [2.05, 4.69) is 16.9 Å². The number of hydrogen-bond acceptors (Lipinski definition) is 3. The van der Waals surface area contributed by atoms with Gasteiger partial charge in [0.2, 0.25) is 0 Å². The van der Waals surface area contributed by atoms with Gasteiger partial charge in [-0.15, -0.1) is 0 Å². The third-order valence-electron chi connectivity index (χ3n) is 4.58. The number of rotatable bonds is 7. The van der Waals surface area contributed by atoms with Crippen molar-refractivity contribution in [2.45, 2.75) is 19.5 Å². The van der Waals surface area contributed by atoms with Crippen molar-refractivity contribution >= 4 is 5.70 Å². The quantitative estimate of drug-likeness (QED) is 0.559. The third-order valence-corrected chi connectivity index (χ3v) is 4.58. The molecule has 0 fully saturated rings. The summed E-state index contributed by atoms with van der Waals surface area (Å²) in [5, 5.41) is 12.0. The summed E-state index contributed by atoms with van der Waals surface area (Å²) in [5.41, 5.74) is 2.21. The molecule has 0 aliphatic carbocycles. The predicted molar refractivity (Wildman–Crippen MR) is 107 cm³/mol. The van der Waals surface area contributed by atoms with Gasteiger partial charge in [-0.25, -0.2) is 4.98 Å². The zero-order valence-electron chi connectivity index (χ0n) is 16.0. The fourth-order valence-electron chi connectivity index (χ4n) is 3.19. The van der Waals surface area contributed by atoms with Crippen molar-refractivity contribution in [1.82, 2.24) is 14.9 Å². The molecular formula is C22H22F3N3O. The molecule has 7 heteroatoms. The Labute approximate surface area is 167 Å². The van der Waals surface area contributed by atoms with Crippen LogP contribution in [0.25, 0.3) is 22.5 Å². The molecule has 0 unspecified atom stereocenters. The first-order chi connectivity index (χ1) is 13.8. The topological polar surface area (TPSA) is 50.1 Å². The molecule has 0 saturated carbocycles. The predicted octanol–water partition coefficient (Wildman–Crippen LogP) is 4.81. The maximum absolute atomic E-state index is 13.4. The Morgan fingerprint density at radius 2 is 1.97 bits per heavy atom. The number of aryl methyl sites for hydroxylation is 1. The second-order valence-corrected chi connectivity index (χ2v) is 6.65. The van der Waals surface area contributed by atoms with Crippen LogP contribution in [0.15, 0.2) is 61.4 Å².